The first kappa shape index (κ1) is 15.7. The van der Waals surface area contributed by atoms with Gasteiger partial charge in [0.05, 0.1) is 12.2 Å². The number of hydrogen-bond donors (Lipinski definition) is 1. The molecule has 1 atom stereocenters. The number of aromatic nitrogens is 4. The molecule has 0 saturated carbocycles. The monoisotopic (exact) mass is 323 g/mol. The fraction of sp³-hybridized carbons (Fsp3) is 0.118. The first-order valence-corrected chi connectivity index (χ1v) is 7.28. The molecule has 0 spiro atoms. The summed E-state index contributed by atoms with van der Waals surface area (Å²) in [5, 5.41) is 11.2. The van der Waals surface area contributed by atoms with Gasteiger partial charge in [0.25, 0.3) is 0 Å². The molecule has 120 valence electrons. The van der Waals surface area contributed by atoms with Crippen molar-refractivity contribution in [2.24, 2.45) is 0 Å². The number of pyridine rings is 1. The molecule has 0 amide bonds. The predicted octanol–water partition coefficient (Wildman–Crippen LogP) is 3.06. The second-order valence-electron chi connectivity index (χ2n) is 5.21. The summed E-state index contributed by atoms with van der Waals surface area (Å²) in [6.45, 7) is 1.92. The van der Waals surface area contributed by atoms with E-state index in [-0.39, 0.29) is 11.9 Å². The van der Waals surface area contributed by atoms with Gasteiger partial charge >= 0.3 is 0 Å². The molecule has 0 aliphatic heterocycles. The van der Waals surface area contributed by atoms with E-state index >= 15 is 0 Å². The lowest BCUT2D eigenvalue weighted by atomic mass is 10.1. The molecule has 1 N–H and O–H groups in total. The molecule has 3 aromatic rings. The second-order valence-corrected chi connectivity index (χ2v) is 5.21. The van der Waals surface area contributed by atoms with Gasteiger partial charge in [0, 0.05) is 23.5 Å². The molecule has 7 heteroatoms. The Labute approximate surface area is 137 Å². The SMILES string of the molecule is CC(Nc1ncc(-c2cncc(C=O)c2)nn1)c1ccc(F)cc1. The van der Waals surface area contributed by atoms with Crippen molar-refractivity contribution in [2.45, 2.75) is 13.0 Å². The van der Waals surface area contributed by atoms with E-state index in [0.717, 1.165) is 11.8 Å². The van der Waals surface area contributed by atoms with Crippen LogP contribution in [-0.2, 0) is 0 Å². The first-order valence-electron chi connectivity index (χ1n) is 7.28. The molecule has 3 rings (SSSR count). The summed E-state index contributed by atoms with van der Waals surface area (Å²) >= 11 is 0. The first-order chi connectivity index (χ1) is 11.7. The number of anilines is 1. The Morgan fingerprint density at radius 3 is 2.58 bits per heavy atom. The zero-order chi connectivity index (χ0) is 16.9. The van der Waals surface area contributed by atoms with Crippen molar-refractivity contribution in [1.82, 2.24) is 20.2 Å². The van der Waals surface area contributed by atoms with Crippen LogP contribution in [0.5, 0.6) is 0 Å². The summed E-state index contributed by atoms with van der Waals surface area (Å²) in [6.07, 6.45) is 5.33. The highest BCUT2D eigenvalue weighted by Gasteiger charge is 2.09. The van der Waals surface area contributed by atoms with Gasteiger partial charge in [0.2, 0.25) is 5.95 Å². The van der Waals surface area contributed by atoms with Gasteiger partial charge in [-0.15, -0.1) is 10.2 Å². The van der Waals surface area contributed by atoms with Crippen molar-refractivity contribution in [1.29, 1.82) is 0 Å². The van der Waals surface area contributed by atoms with Crippen LogP contribution < -0.4 is 5.32 Å². The van der Waals surface area contributed by atoms with Crippen LogP contribution in [-0.4, -0.2) is 26.5 Å². The summed E-state index contributed by atoms with van der Waals surface area (Å²) in [5.74, 6) is 0.0782. The minimum Gasteiger partial charge on any atom is -0.346 e. The second kappa shape index (κ2) is 6.91. The van der Waals surface area contributed by atoms with Crippen molar-refractivity contribution in [3.63, 3.8) is 0 Å². The Morgan fingerprint density at radius 2 is 1.92 bits per heavy atom. The highest BCUT2D eigenvalue weighted by molar-refractivity contribution is 5.77. The summed E-state index contributed by atoms with van der Waals surface area (Å²) in [6, 6.07) is 7.78. The average Bonchev–Trinajstić information content (AvgIpc) is 2.63. The standard InChI is InChI=1S/C17H14FN5O/c1-11(13-2-4-15(18)5-3-13)21-17-20-9-16(22-23-17)14-6-12(10-24)7-19-8-14/h2-11H,1H3,(H,20,21,23). The van der Waals surface area contributed by atoms with Crippen LogP contribution >= 0.6 is 0 Å². The van der Waals surface area contributed by atoms with E-state index in [2.05, 4.69) is 25.5 Å². The smallest absolute Gasteiger partial charge is 0.243 e. The van der Waals surface area contributed by atoms with Crippen LogP contribution in [0.1, 0.15) is 28.9 Å². The number of benzene rings is 1. The van der Waals surface area contributed by atoms with Crippen LogP contribution in [0.2, 0.25) is 0 Å². The van der Waals surface area contributed by atoms with Crippen molar-refractivity contribution in [3.05, 3.63) is 65.9 Å². The van der Waals surface area contributed by atoms with E-state index in [0.29, 0.717) is 22.8 Å². The molecule has 0 bridgehead atoms. The average molecular weight is 323 g/mol. The van der Waals surface area contributed by atoms with Gasteiger partial charge < -0.3 is 5.32 Å². The molecule has 0 radical (unpaired) electrons. The molecule has 1 unspecified atom stereocenters. The third-order valence-electron chi connectivity index (χ3n) is 3.47. The molecular formula is C17H14FN5O. The zero-order valence-corrected chi connectivity index (χ0v) is 12.8. The van der Waals surface area contributed by atoms with Crippen molar-refractivity contribution in [2.75, 3.05) is 5.32 Å². The fourth-order valence-corrected chi connectivity index (χ4v) is 2.16. The van der Waals surface area contributed by atoms with E-state index in [4.69, 9.17) is 0 Å². The fourth-order valence-electron chi connectivity index (χ4n) is 2.16. The number of halogens is 1. The summed E-state index contributed by atoms with van der Waals surface area (Å²) in [4.78, 5) is 19.0. The van der Waals surface area contributed by atoms with E-state index in [9.17, 15) is 9.18 Å². The van der Waals surface area contributed by atoms with Crippen molar-refractivity contribution in [3.8, 4) is 11.3 Å². The van der Waals surface area contributed by atoms with E-state index in [1.54, 1.807) is 30.6 Å². The Balaban J connectivity index is 1.74. The highest BCUT2D eigenvalue weighted by Crippen LogP contribution is 2.18. The van der Waals surface area contributed by atoms with Gasteiger partial charge in [0.1, 0.15) is 11.5 Å². The lowest BCUT2D eigenvalue weighted by molar-refractivity contribution is 0.112. The van der Waals surface area contributed by atoms with Crippen molar-refractivity contribution < 1.29 is 9.18 Å². The van der Waals surface area contributed by atoms with E-state index in [1.165, 1.54) is 18.3 Å². The Bertz CT molecular complexity index is 836. The number of carbonyl (C=O) groups is 1. The van der Waals surface area contributed by atoms with Gasteiger partial charge in [0.15, 0.2) is 6.29 Å². The maximum atomic E-state index is 13.0. The molecule has 0 aliphatic rings. The number of nitrogens with one attached hydrogen (secondary N) is 1. The topological polar surface area (TPSA) is 80.7 Å². The lowest BCUT2D eigenvalue weighted by Gasteiger charge is -2.13. The van der Waals surface area contributed by atoms with Gasteiger partial charge in [-0.2, -0.15) is 0 Å². The van der Waals surface area contributed by atoms with Crippen LogP contribution in [0.4, 0.5) is 10.3 Å². The molecule has 0 aliphatic carbocycles. The van der Waals surface area contributed by atoms with Gasteiger partial charge in [-0.05, 0) is 30.7 Å². The maximum Gasteiger partial charge on any atom is 0.243 e. The Morgan fingerprint density at radius 1 is 1.12 bits per heavy atom. The van der Waals surface area contributed by atoms with Crippen LogP contribution in [0.15, 0.2) is 48.9 Å². The van der Waals surface area contributed by atoms with Crippen LogP contribution in [0.3, 0.4) is 0 Å². The molecule has 0 fully saturated rings. The normalized spacial score (nSPS) is 11.8. The Hall–Kier alpha value is -3.22. The summed E-state index contributed by atoms with van der Waals surface area (Å²) in [7, 11) is 0. The maximum absolute atomic E-state index is 13.0. The number of hydrogen-bond acceptors (Lipinski definition) is 6. The number of aldehydes is 1. The molecule has 2 heterocycles. The number of rotatable bonds is 5. The van der Waals surface area contributed by atoms with E-state index in [1.807, 2.05) is 6.92 Å². The minimum atomic E-state index is -0.278. The summed E-state index contributed by atoms with van der Waals surface area (Å²) in [5.41, 5.74) is 2.55. The van der Waals surface area contributed by atoms with Gasteiger partial charge in [-0.1, -0.05) is 12.1 Å². The van der Waals surface area contributed by atoms with Gasteiger partial charge in [-0.3, -0.25) is 9.78 Å². The Kier molecular flexibility index (Phi) is 4.51. The third kappa shape index (κ3) is 3.57. The molecule has 2 aromatic heterocycles. The largest absolute Gasteiger partial charge is 0.346 e. The molecule has 1 aromatic carbocycles. The molecular weight excluding hydrogens is 309 g/mol. The number of nitrogens with zero attached hydrogens (tertiary/aromatic N) is 4. The zero-order valence-electron chi connectivity index (χ0n) is 12.8. The third-order valence-corrected chi connectivity index (χ3v) is 3.47. The number of carbonyl (C=O) groups excluding carboxylic acids is 1. The molecule has 6 nitrogen and oxygen atoms in total. The lowest BCUT2D eigenvalue weighted by Crippen LogP contribution is -2.10. The minimum absolute atomic E-state index is 0.0988. The van der Waals surface area contributed by atoms with E-state index < -0.39 is 0 Å². The van der Waals surface area contributed by atoms with Crippen molar-refractivity contribution >= 4 is 12.2 Å². The highest BCUT2D eigenvalue weighted by atomic mass is 19.1. The predicted molar refractivity (Wildman–Crippen MR) is 86.9 cm³/mol. The van der Waals surface area contributed by atoms with Gasteiger partial charge in [-0.25, -0.2) is 9.37 Å². The molecule has 0 saturated heterocycles. The van der Waals surface area contributed by atoms with Crippen LogP contribution in [0.25, 0.3) is 11.3 Å². The summed E-state index contributed by atoms with van der Waals surface area (Å²) < 4.78 is 13.0. The van der Waals surface area contributed by atoms with Crippen LogP contribution in [0, 0.1) is 5.82 Å². The quantitative estimate of drug-likeness (QED) is 0.727. The molecule has 24 heavy (non-hydrogen) atoms.